The fraction of sp³-hybridized carbons (Fsp3) is 0.800. The normalized spacial score (nSPS) is 11.2. The quantitative estimate of drug-likeness (QED) is 0.500. The van der Waals surface area contributed by atoms with Crippen molar-refractivity contribution in [1.82, 2.24) is 4.90 Å². The smallest absolute Gasteiger partial charge is 0.0596 e. The molecular weight excluding hydrogens is 182 g/mol. The number of thiol groups is 1. The first kappa shape index (κ1) is 13.0. The molecule has 78 valence electrons. The van der Waals surface area contributed by atoms with Crippen molar-refractivity contribution >= 4 is 12.6 Å². The second-order valence-electron chi connectivity index (χ2n) is 3.57. The monoisotopic (exact) mass is 203 g/mol. The molecule has 0 aromatic carbocycles. The molecule has 0 aliphatic rings. The molecule has 0 unspecified atom stereocenters. The van der Waals surface area contributed by atoms with Crippen molar-refractivity contribution < 1.29 is 4.74 Å². The molecule has 0 spiro atoms. The Bertz CT molecular complexity index is 148. The average molecular weight is 203 g/mol. The Balaban J connectivity index is 3.40. The minimum Gasteiger partial charge on any atom is -0.377 e. The van der Waals surface area contributed by atoms with Crippen LogP contribution in [-0.4, -0.2) is 43.5 Å². The molecule has 0 rings (SSSR count). The van der Waals surface area contributed by atoms with Gasteiger partial charge in [0.05, 0.1) is 12.7 Å². The van der Waals surface area contributed by atoms with E-state index in [1.165, 1.54) is 0 Å². The summed E-state index contributed by atoms with van der Waals surface area (Å²) in [4.78, 5) is 2.20. The molecule has 0 fully saturated rings. The zero-order valence-electron chi connectivity index (χ0n) is 8.92. The third-order valence-corrected chi connectivity index (χ3v) is 2.09. The Labute approximate surface area is 87.4 Å². The van der Waals surface area contributed by atoms with Gasteiger partial charge in [-0.15, -0.1) is 0 Å². The maximum atomic E-state index is 5.44. The van der Waals surface area contributed by atoms with Crippen molar-refractivity contribution in [3.8, 4) is 0 Å². The molecule has 0 heterocycles. The maximum absolute atomic E-state index is 5.44. The molecule has 2 nitrogen and oxygen atoms in total. The summed E-state index contributed by atoms with van der Waals surface area (Å²) in [6, 6.07) is 0. The standard InChI is InChI=1S/C10H21NOS/c1-9(2)12-6-5-11(4)7-10(3)8-13/h9,13H,3,5-8H2,1-2,4H3. The predicted molar refractivity (Wildman–Crippen MR) is 61.6 cm³/mol. The molecule has 0 aromatic heterocycles. The van der Waals surface area contributed by atoms with Gasteiger partial charge in [-0.25, -0.2) is 0 Å². The highest BCUT2D eigenvalue weighted by Crippen LogP contribution is 1.97. The first-order valence-corrected chi connectivity index (χ1v) is 5.27. The molecule has 3 heteroatoms. The third-order valence-electron chi connectivity index (χ3n) is 1.64. The third kappa shape index (κ3) is 8.34. The van der Waals surface area contributed by atoms with Crippen LogP contribution in [0.15, 0.2) is 12.2 Å². The number of hydrogen-bond donors (Lipinski definition) is 1. The van der Waals surface area contributed by atoms with Gasteiger partial charge >= 0.3 is 0 Å². The first-order valence-electron chi connectivity index (χ1n) is 4.64. The lowest BCUT2D eigenvalue weighted by Crippen LogP contribution is -2.26. The highest BCUT2D eigenvalue weighted by molar-refractivity contribution is 7.80. The van der Waals surface area contributed by atoms with Crippen molar-refractivity contribution in [1.29, 1.82) is 0 Å². The van der Waals surface area contributed by atoms with Gasteiger partial charge in [0.15, 0.2) is 0 Å². The van der Waals surface area contributed by atoms with Gasteiger partial charge in [0, 0.05) is 18.8 Å². The van der Waals surface area contributed by atoms with Crippen molar-refractivity contribution in [3.05, 3.63) is 12.2 Å². The second kappa shape index (κ2) is 7.42. The van der Waals surface area contributed by atoms with Gasteiger partial charge < -0.3 is 9.64 Å². The van der Waals surface area contributed by atoms with E-state index in [-0.39, 0.29) is 0 Å². The van der Waals surface area contributed by atoms with Gasteiger partial charge in [-0.2, -0.15) is 12.6 Å². The van der Waals surface area contributed by atoms with Crippen molar-refractivity contribution in [2.45, 2.75) is 20.0 Å². The van der Waals surface area contributed by atoms with E-state index < -0.39 is 0 Å². The Morgan fingerprint density at radius 1 is 1.54 bits per heavy atom. The lowest BCUT2D eigenvalue weighted by Gasteiger charge is -2.18. The lowest BCUT2D eigenvalue weighted by molar-refractivity contribution is 0.0654. The summed E-state index contributed by atoms with van der Waals surface area (Å²) >= 11 is 4.16. The summed E-state index contributed by atoms with van der Waals surface area (Å²) in [5.41, 5.74) is 1.15. The fourth-order valence-corrected chi connectivity index (χ4v) is 1.06. The van der Waals surface area contributed by atoms with Crippen LogP contribution < -0.4 is 0 Å². The van der Waals surface area contributed by atoms with Crippen molar-refractivity contribution in [3.63, 3.8) is 0 Å². The van der Waals surface area contributed by atoms with Gasteiger partial charge in [-0.1, -0.05) is 12.2 Å². The molecule has 0 bridgehead atoms. The van der Waals surface area contributed by atoms with E-state index in [1.807, 2.05) is 13.8 Å². The first-order chi connectivity index (χ1) is 6.06. The minimum atomic E-state index is 0.321. The van der Waals surface area contributed by atoms with E-state index in [0.29, 0.717) is 6.10 Å². The van der Waals surface area contributed by atoms with Crippen molar-refractivity contribution in [2.24, 2.45) is 0 Å². The lowest BCUT2D eigenvalue weighted by atomic mass is 10.3. The van der Waals surface area contributed by atoms with Crippen LogP contribution in [0.2, 0.25) is 0 Å². The molecule has 0 aromatic rings. The van der Waals surface area contributed by atoms with E-state index in [1.54, 1.807) is 0 Å². The molecule has 0 aliphatic heterocycles. The zero-order chi connectivity index (χ0) is 10.3. The molecule has 0 saturated heterocycles. The number of rotatable bonds is 7. The highest BCUT2D eigenvalue weighted by atomic mass is 32.1. The fourth-order valence-electron chi connectivity index (χ4n) is 0.955. The molecule has 0 amide bonds. The van der Waals surface area contributed by atoms with E-state index >= 15 is 0 Å². The van der Waals surface area contributed by atoms with E-state index in [4.69, 9.17) is 4.74 Å². The summed E-state index contributed by atoms with van der Waals surface area (Å²) in [5.74, 6) is 0.759. The van der Waals surface area contributed by atoms with Gasteiger partial charge in [0.25, 0.3) is 0 Å². The van der Waals surface area contributed by atoms with Crippen LogP contribution in [0.25, 0.3) is 0 Å². The van der Waals surface area contributed by atoms with Gasteiger partial charge in [0.2, 0.25) is 0 Å². The van der Waals surface area contributed by atoms with Crippen LogP contribution in [0.3, 0.4) is 0 Å². The molecule has 0 aliphatic carbocycles. The Kier molecular flexibility index (Phi) is 7.42. The average Bonchev–Trinajstić information content (AvgIpc) is 2.03. The summed E-state index contributed by atoms with van der Waals surface area (Å²) < 4.78 is 5.44. The number of ether oxygens (including phenoxy) is 1. The number of nitrogens with zero attached hydrogens (tertiary/aromatic N) is 1. The van der Waals surface area contributed by atoms with E-state index in [9.17, 15) is 0 Å². The molecule has 0 saturated carbocycles. The van der Waals surface area contributed by atoms with Crippen LogP contribution in [-0.2, 0) is 4.74 Å². The minimum absolute atomic E-state index is 0.321. The van der Waals surface area contributed by atoms with E-state index in [2.05, 4.69) is 31.2 Å². The topological polar surface area (TPSA) is 12.5 Å². The molecule has 0 atom stereocenters. The molecule has 13 heavy (non-hydrogen) atoms. The second-order valence-corrected chi connectivity index (χ2v) is 3.88. The maximum Gasteiger partial charge on any atom is 0.0596 e. The van der Waals surface area contributed by atoms with Crippen LogP contribution in [0, 0.1) is 0 Å². The molecule has 0 radical (unpaired) electrons. The summed E-state index contributed by atoms with van der Waals surface area (Å²) in [5, 5.41) is 0. The Hall–Kier alpha value is 0.01000. The SMILES string of the molecule is C=C(CS)CN(C)CCOC(C)C. The summed E-state index contributed by atoms with van der Waals surface area (Å²) in [6.45, 7) is 10.6. The van der Waals surface area contributed by atoms with Crippen LogP contribution in [0.5, 0.6) is 0 Å². The van der Waals surface area contributed by atoms with Crippen molar-refractivity contribution in [2.75, 3.05) is 32.5 Å². The van der Waals surface area contributed by atoms with Gasteiger partial charge in [0.1, 0.15) is 0 Å². The van der Waals surface area contributed by atoms with Gasteiger partial charge in [-0.05, 0) is 20.9 Å². The summed E-state index contributed by atoms with van der Waals surface area (Å²) in [6.07, 6.45) is 0.321. The Morgan fingerprint density at radius 2 is 2.15 bits per heavy atom. The largest absolute Gasteiger partial charge is 0.377 e. The number of likely N-dealkylation sites (N-methyl/N-ethyl adjacent to an activating group) is 1. The predicted octanol–water partition coefficient (Wildman–Crippen LogP) is 1.83. The van der Waals surface area contributed by atoms with Crippen LogP contribution in [0.4, 0.5) is 0 Å². The van der Waals surface area contributed by atoms with Crippen LogP contribution in [0.1, 0.15) is 13.8 Å². The highest BCUT2D eigenvalue weighted by Gasteiger charge is 2.00. The van der Waals surface area contributed by atoms with Crippen LogP contribution >= 0.6 is 12.6 Å². The molecular formula is C10H21NOS. The number of hydrogen-bond acceptors (Lipinski definition) is 3. The van der Waals surface area contributed by atoms with E-state index in [0.717, 1.165) is 31.0 Å². The molecule has 0 N–H and O–H groups in total. The zero-order valence-corrected chi connectivity index (χ0v) is 9.81. The Morgan fingerprint density at radius 3 is 2.62 bits per heavy atom. The van der Waals surface area contributed by atoms with Gasteiger partial charge in [-0.3, -0.25) is 0 Å². The summed E-state index contributed by atoms with van der Waals surface area (Å²) in [7, 11) is 2.07.